The van der Waals surface area contributed by atoms with Crippen molar-refractivity contribution < 1.29 is 22.4 Å². The zero-order valence-electron chi connectivity index (χ0n) is 15.1. The Kier molecular flexibility index (Phi) is 5.43. The Morgan fingerprint density at radius 3 is 2.41 bits per heavy atom. The second-order valence-electron chi connectivity index (χ2n) is 5.66. The van der Waals surface area contributed by atoms with Crippen LogP contribution >= 0.6 is 0 Å². The third kappa shape index (κ3) is 3.93. The summed E-state index contributed by atoms with van der Waals surface area (Å²) in [6.45, 7) is -0.0441. The molecule has 8 nitrogen and oxygen atoms in total. The minimum absolute atomic E-state index is 0.0441. The molecular formula is C18H19N3O5S. The van der Waals surface area contributed by atoms with Gasteiger partial charge in [0.25, 0.3) is 0 Å². The largest absolute Gasteiger partial charge is 0.493 e. The molecule has 1 heterocycles. The molecular weight excluding hydrogens is 370 g/mol. The monoisotopic (exact) mass is 389 g/mol. The Morgan fingerprint density at radius 1 is 1.04 bits per heavy atom. The van der Waals surface area contributed by atoms with Crippen molar-refractivity contribution in [1.29, 1.82) is 0 Å². The van der Waals surface area contributed by atoms with Gasteiger partial charge in [-0.25, -0.2) is 8.42 Å². The minimum Gasteiger partial charge on any atom is -0.493 e. The normalized spacial score (nSPS) is 11.6. The fraction of sp³-hybridized carbons (Fsp3) is 0.222. The van der Waals surface area contributed by atoms with Crippen LogP contribution in [0, 0.1) is 0 Å². The number of hydrogen-bond donors (Lipinski definition) is 0. The molecule has 9 heteroatoms. The van der Waals surface area contributed by atoms with Crippen molar-refractivity contribution >= 4 is 10.0 Å². The first-order chi connectivity index (χ1) is 13.0. The summed E-state index contributed by atoms with van der Waals surface area (Å²) < 4.78 is 42.0. The first kappa shape index (κ1) is 18.9. The van der Waals surface area contributed by atoms with Gasteiger partial charge in [0.2, 0.25) is 21.7 Å². The van der Waals surface area contributed by atoms with Gasteiger partial charge in [0, 0.05) is 12.6 Å². The number of benzene rings is 2. The number of hydrogen-bond acceptors (Lipinski definition) is 7. The number of aromatic nitrogens is 2. The van der Waals surface area contributed by atoms with E-state index >= 15 is 0 Å². The highest BCUT2D eigenvalue weighted by Crippen LogP contribution is 2.31. The number of nitrogens with zero attached hydrogens (tertiary/aromatic N) is 3. The van der Waals surface area contributed by atoms with E-state index in [0.717, 1.165) is 4.31 Å². The molecule has 0 aliphatic carbocycles. The van der Waals surface area contributed by atoms with Gasteiger partial charge in [0.05, 0.1) is 25.7 Å². The SMILES string of the molecule is COc1ccc(-c2noc(CN(C)S(=O)(=O)c3ccccc3)n2)cc1OC. The topological polar surface area (TPSA) is 94.8 Å². The van der Waals surface area contributed by atoms with Gasteiger partial charge in [-0.3, -0.25) is 0 Å². The summed E-state index contributed by atoms with van der Waals surface area (Å²) >= 11 is 0. The van der Waals surface area contributed by atoms with E-state index in [2.05, 4.69) is 10.1 Å². The van der Waals surface area contributed by atoms with E-state index in [1.807, 2.05) is 0 Å². The fourth-order valence-electron chi connectivity index (χ4n) is 2.46. The maximum Gasteiger partial charge on any atom is 0.243 e. The van der Waals surface area contributed by atoms with E-state index in [4.69, 9.17) is 14.0 Å². The predicted molar refractivity (Wildman–Crippen MR) is 97.9 cm³/mol. The van der Waals surface area contributed by atoms with Crippen molar-refractivity contribution in [2.45, 2.75) is 11.4 Å². The lowest BCUT2D eigenvalue weighted by molar-refractivity contribution is 0.336. The van der Waals surface area contributed by atoms with Crippen molar-refractivity contribution in [3.8, 4) is 22.9 Å². The Bertz CT molecular complexity index is 1020. The van der Waals surface area contributed by atoms with Crippen molar-refractivity contribution in [3.63, 3.8) is 0 Å². The number of sulfonamides is 1. The molecule has 0 aliphatic rings. The summed E-state index contributed by atoms with van der Waals surface area (Å²) in [5.41, 5.74) is 0.663. The van der Waals surface area contributed by atoms with Gasteiger partial charge in [-0.05, 0) is 30.3 Å². The van der Waals surface area contributed by atoms with E-state index in [0.29, 0.717) is 22.9 Å². The lowest BCUT2D eigenvalue weighted by atomic mass is 10.2. The summed E-state index contributed by atoms with van der Waals surface area (Å²) in [5, 5.41) is 3.92. The average molecular weight is 389 g/mol. The molecule has 27 heavy (non-hydrogen) atoms. The highest BCUT2D eigenvalue weighted by atomic mass is 32.2. The Labute approximate surface area is 157 Å². The molecule has 0 radical (unpaired) electrons. The zero-order chi connectivity index (χ0) is 19.4. The van der Waals surface area contributed by atoms with Crippen molar-refractivity contribution in [3.05, 3.63) is 54.4 Å². The first-order valence-corrected chi connectivity index (χ1v) is 9.46. The smallest absolute Gasteiger partial charge is 0.243 e. The second kappa shape index (κ2) is 7.77. The maximum atomic E-state index is 12.6. The van der Waals surface area contributed by atoms with Gasteiger partial charge in [-0.1, -0.05) is 23.4 Å². The van der Waals surface area contributed by atoms with Crippen LogP contribution in [0.15, 0.2) is 57.9 Å². The van der Waals surface area contributed by atoms with Crippen LogP contribution in [0.3, 0.4) is 0 Å². The number of methoxy groups -OCH3 is 2. The molecule has 142 valence electrons. The van der Waals surface area contributed by atoms with Crippen molar-refractivity contribution in [2.24, 2.45) is 0 Å². The molecule has 0 saturated heterocycles. The molecule has 1 aromatic heterocycles. The lowest BCUT2D eigenvalue weighted by Gasteiger charge is -2.14. The van der Waals surface area contributed by atoms with E-state index in [1.54, 1.807) is 43.5 Å². The van der Waals surface area contributed by atoms with Crippen LogP contribution in [0.5, 0.6) is 11.5 Å². The highest BCUT2D eigenvalue weighted by Gasteiger charge is 2.23. The molecule has 0 saturated carbocycles. The van der Waals surface area contributed by atoms with E-state index in [9.17, 15) is 8.42 Å². The van der Waals surface area contributed by atoms with E-state index < -0.39 is 10.0 Å². The summed E-state index contributed by atoms with van der Waals surface area (Å²) in [6, 6.07) is 13.4. The molecule has 2 aromatic carbocycles. The van der Waals surface area contributed by atoms with Gasteiger partial charge >= 0.3 is 0 Å². The van der Waals surface area contributed by atoms with Crippen LogP contribution in [-0.2, 0) is 16.6 Å². The molecule has 0 bridgehead atoms. The van der Waals surface area contributed by atoms with E-state index in [1.165, 1.54) is 26.3 Å². The number of ether oxygens (including phenoxy) is 2. The first-order valence-electron chi connectivity index (χ1n) is 8.02. The Hall–Kier alpha value is -2.91. The van der Waals surface area contributed by atoms with Crippen LogP contribution < -0.4 is 9.47 Å². The third-order valence-electron chi connectivity index (χ3n) is 3.92. The van der Waals surface area contributed by atoms with Crippen LogP contribution in [0.1, 0.15) is 5.89 Å². The molecule has 0 N–H and O–H groups in total. The minimum atomic E-state index is -3.64. The lowest BCUT2D eigenvalue weighted by Crippen LogP contribution is -2.26. The van der Waals surface area contributed by atoms with Crippen LogP contribution in [0.2, 0.25) is 0 Å². The van der Waals surface area contributed by atoms with Gasteiger partial charge in [0.15, 0.2) is 11.5 Å². The van der Waals surface area contributed by atoms with Crippen molar-refractivity contribution in [1.82, 2.24) is 14.4 Å². The zero-order valence-corrected chi connectivity index (χ0v) is 15.9. The average Bonchev–Trinajstić information content (AvgIpc) is 3.16. The fourth-order valence-corrected chi connectivity index (χ4v) is 3.60. The Morgan fingerprint density at radius 2 is 1.74 bits per heavy atom. The summed E-state index contributed by atoms with van der Waals surface area (Å²) in [4.78, 5) is 4.48. The van der Waals surface area contributed by atoms with Gasteiger partial charge < -0.3 is 14.0 Å². The molecule has 3 aromatic rings. The van der Waals surface area contributed by atoms with Crippen LogP contribution in [0.4, 0.5) is 0 Å². The number of rotatable bonds is 7. The van der Waals surface area contributed by atoms with Gasteiger partial charge in [-0.2, -0.15) is 9.29 Å². The summed E-state index contributed by atoms with van der Waals surface area (Å²) in [6.07, 6.45) is 0. The summed E-state index contributed by atoms with van der Waals surface area (Å²) in [5.74, 6) is 1.63. The predicted octanol–water partition coefficient (Wildman–Crippen LogP) is 2.57. The quantitative estimate of drug-likeness (QED) is 0.613. The third-order valence-corrected chi connectivity index (χ3v) is 5.74. The van der Waals surface area contributed by atoms with E-state index in [-0.39, 0.29) is 17.3 Å². The maximum absolute atomic E-state index is 12.6. The second-order valence-corrected chi connectivity index (χ2v) is 7.70. The summed E-state index contributed by atoms with van der Waals surface area (Å²) in [7, 11) is 0.901. The molecule has 0 spiro atoms. The van der Waals surface area contributed by atoms with Gasteiger partial charge in [-0.15, -0.1) is 0 Å². The van der Waals surface area contributed by atoms with Crippen molar-refractivity contribution in [2.75, 3.05) is 21.3 Å². The highest BCUT2D eigenvalue weighted by molar-refractivity contribution is 7.89. The molecule has 0 fully saturated rings. The molecule has 0 aliphatic heterocycles. The standard InChI is InChI=1S/C18H19N3O5S/c1-21(27(22,23)14-7-5-4-6-8-14)12-17-19-18(20-26-17)13-9-10-15(24-2)16(11-13)25-3/h4-11H,12H2,1-3H3. The van der Waals surface area contributed by atoms with Gasteiger partial charge in [0.1, 0.15) is 0 Å². The molecule has 0 amide bonds. The van der Waals surface area contributed by atoms with Crippen LogP contribution in [0.25, 0.3) is 11.4 Å². The Balaban J connectivity index is 1.80. The van der Waals surface area contributed by atoms with Crippen LogP contribution in [-0.4, -0.2) is 44.1 Å². The molecule has 0 atom stereocenters. The molecule has 0 unspecified atom stereocenters. The molecule has 3 rings (SSSR count).